The van der Waals surface area contributed by atoms with Crippen LogP contribution in [-0.4, -0.2) is 36.6 Å². The molecule has 0 bridgehead atoms. The number of carbonyl (C=O) groups is 1. The van der Waals surface area contributed by atoms with Crippen molar-refractivity contribution in [2.75, 3.05) is 6.54 Å². The van der Waals surface area contributed by atoms with E-state index in [0.29, 0.717) is 28.9 Å². The Labute approximate surface area is 177 Å². The van der Waals surface area contributed by atoms with Crippen molar-refractivity contribution in [2.24, 2.45) is 0 Å². The summed E-state index contributed by atoms with van der Waals surface area (Å²) in [6, 6.07) is 4.26. The molecule has 7 nitrogen and oxygen atoms in total. The van der Waals surface area contributed by atoms with E-state index in [1.807, 2.05) is 4.57 Å². The molecule has 1 N–H and O–H groups in total. The number of nitrogens with one attached hydrogen (secondary N) is 1. The number of halogens is 4. The molecule has 4 aromatic heterocycles. The van der Waals surface area contributed by atoms with Crippen molar-refractivity contribution < 1.29 is 18.0 Å². The smallest absolute Gasteiger partial charge is 0.351 e. The molecule has 0 aliphatic heterocycles. The zero-order chi connectivity index (χ0) is 21.3. The number of hydrogen-bond acceptors (Lipinski definition) is 5. The van der Waals surface area contributed by atoms with Gasteiger partial charge in [0.25, 0.3) is 5.91 Å². The number of amides is 1. The summed E-state index contributed by atoms with van der Waals surface area (Å²) >= 11 is 7.47. The normalized spacial score (nSPS) is 11.9. The van der Waals surface area contributed by atoms with Gasteiger partial charge in [-0.2, -0.15) is 18.3 Å². The number of rotatable bonds is 6. The molecule has 30 heavy (non-hydrogen) atoms. The number of carbonyl (C=O) groups excluding carboxylic acids is 1. The van der Waals surface area contributed by atoms with Gasteiger partial charge in [-0.1, -0.05) is 17.7 Å². The van der Waals surface area contributed by atoms with Crippen LogP contribution in [-0.2, 0) is 12.7 Å². The molecule has 0 saturated heterocycles. The molecule has 0 fully saturated rings. The highest BCUT2D eigenvalue weighted by Gasteiger charge is 2.36. The van der Waals surface area contributed by atoms with E-state index < -0.39 is 17.8 Å². The highest BCUT2D eigenvalue weighted by atomic mass is 35.5. The zero-order valence-corrected chi connectivity index (χ0v) is 16.8. The van der Waals surface area contributed by atoms with Gasteiger partial charge in [-0.25, -0.2) is 14.5 Å². The number of alkyl halides is 3. The van der Waals surface area contributed by atoms with Gasteiger partial charge in [0.05, 0.1) is 16.9 Å². The quantitative estimate of drug-likeness (QED) is 0.444. The number of hydrogen-bond donors (Lipinski definition) is 1. The van der Waals surface area contributed by atoms with Crippen molar-refractivity contribution in [1.82, 2.24) is 29.5 Å². The van der Waals surface area contributed by atoms with Gasteiger partial charge >= 0.3 is 6.18 Å². The molecule has 0 aliphatic carbocycles. The third-order valence-electron chi connectivity index (χ3n) is 4.25. The van der Waals surface area contributed by atoms with Crippen LogP contribution in [0, 0.1) is 0 Å². The molecule has 4 rings (SSSR count). The molecule has 0 unspecified atom stereocenters. The molecule has 4 aromatic rings. The predicted octanol–water partition coefficient (Wildman–Crippen LogP) is 4.15. The Bertz CT molecular complexity index is 1170. The van der Waals surface area contributed by atoms with Gasteiger partial charge in [0.1, 0.15) is 5.02 Å². The van der Waals surface area contributed by atoms with E-state index in [0.717, 1.165) is 6.07 Å². The van der Waals surface area contributed by atoms with Crippen LogP contribution in [0.15, 0.2) is 42.3 Å². The van der Waals surface area contributed by atoms with Gasteiger partial charge < -0.3 is 9.88 Å². The molecule has 0 saturated carbocycles. The first-order valence-corrected chi connectivity index (χ1v) is 10.0. The Morgan fingerprint density at radius 1 is 1.33 bits per heavy atom. The number of imidazole rings is 1. The Hall–Kier alpha value is -2.92. The standard InChI is InChI=1S/C18H14ClF3N6OS/c19-14-15(17(29)24-4-2-6-27-7-5-23-10-27)26-28-13(18(20,21)22)9-11(25-16(14)28)12-3-1-8-30-12/h1,3,5,7-10H,2,4,6H2,(H,24,29). The van der Waals surface area contributed by atoms with Crippen molar-refractivity contribution in [3.63, 3.8) is 0 Å². The minimum absolute atomic E-state index is 0.110. The van der Waals surface area contributed by atoms with E-state index in [4.69, 9.17) is 11.6 Å². The van der Waals surface area contributed by atoms with Crippen LogP contribution in [0.25, 0.3) is 16.2 Å². The summed E-state index contributed by atoms with van der Waals surface area (Å²) in [5.74, 6) is -0.665. The first-order valence-electron chi connectivity index (χ1n) is 8.79. The summed E-state index contributed by atoms with van der Waals surface area (Å²) in [6.07, 6.45) is 0.972. The Morgan fingerprint density at radius 2 is 2.17 bits per heavy atom. The van der Waals surface area contributed by atoms with Gasteiger partial charge in [0, 0.05) is 25.5 Å². The minimum Gasteiger partial charge on any atom is -0.351 e. The van der Waals surface area contributed by atoms with Crippen LogP contribution in [0.2, 0.25) is 5.02 Å². The second-order valence-electron chi connectivity index (χ2n) is 6.31. The monoisotopic (exact) mass is 454 g/mol. The summed E-state index contributed by atoms with van der Waals surface area (Å²) in [5, 5.41) is 7.93. The lowest BCUT2D eigenvalue weighted by atomic mass is 10.2. The van der Waals surface area contributed by atoms with Crippen molar-refractivity contribution in [2.45, 2.75) is 19.1 Å². The second kappa shape index (κ2) is 8.07. The third-order valence-corrected chi connectivity index (χ3v) is 5.49. The Kier molecular flexibility index (Phi) is 5.48. The third kappa shape index (κ3) is 4.03. The van der Waals surface area contributed by atoms with Crippen LogP contribution < -0.4 is 5.32 Å². The van der Waals surface area contributed by atoms with Gasteiger partial charge in [0.2, 0.25) is 0 Å². The maximum Gasteiger partial charge on any atom is 0.433 e. The molecule has 12 heteroatoms. The lowest BCUT2D eigenvalue weighted by Crippen LogP contribution is -2.26. The van der Waals surface area contributed by atoms with Gasteiger partial charge in [0.15, 0.2) is 17.0 Å². The van der Waals surface area contributed by atoms with E-state index >= 15 is 0 Å². The topological polar surface area (TPSA) is 77.1 Å². The first kappa shape index (κ1) is 20.4. The summed E-state index contributed by atoms with van der Waals surface area (Å²) in [4.78, 5) is 21.2. The van der Waals surface area contributed by atoms with Crippen LogP contribution in [0.4, 0.5) is 13.2 Å². The Morgan fingerprint density at radius 3 is 2.83 bits per heavy atom. The SMILES string of the molecule is O=C(NCCCn1ccnc1)c1nn2c(C(F)(F)F)cc(-c3cccs3)nc2c1Cl. The molecule has 0 spiro atoms. The van der Waals surface area contributed by atoms with E-state index in [-0.39, 0.29) is 22.1 Å². The number of nitrogens with zero attached hydrogens (tertiary/aromatic N) is 5. The molecule has 1 amide bonds. The van der Waals surface area contributed by atoms with E-state index in [2.05, 4.69) is 20.4 Å². The van der Waals surface area contributed by atoms with Crippen molar-refractivity contribution in [3.8, 4) is 10.6 Å². The summed E-state index contributed by atoms with van der Waals surface area (Å²) in [7, 11) is 0. The van der Waals surface area contributed by atoms with Gasteiger partial charge in [-0.05, 0) is 23.9 Å². The van der Waals surface area contributed by atoms with Gasteiger partial charge in [-0.3, -0.25) is 4.79 Å². The Balaban J connectivity index is 1.62. The fraction of sp³-hybridized carbons (Fsp3) is 0.222. The molecule has 0 aliphatic rings. The van der Waals surface area contributed by atoms with Gasteiger partial charge in [-0.15, -0.1) is 11.3 Å². The van der Waals surface area contributed by atoms with Crippen molar-refractivity contribution in [1.29, 1.82) is 0 Å². The van der Waals surface area contributed by atoms with Crippen LogP contribution in [0.5, 0.6) is 0 Å². The summed E-state index contributed by atoms with van der Waals surface area (Å²) in [5.41, 5.74) is -1.48. The number of aryl methyl sites for hydroxylation is 1. The fourth-order valence-corrected chi connectivity index (χ4v) is 3.79. The summed E-state index contributed by atoms with van der Waals surface area (Å²) in [6.45, 7) is 0.921. The molecule has 156 valence electrons. The average molecular weight is 455 g/mol. The van der Waals surface area contributed by atoms with E-state index in [9.17, 15) is 18.0 Å². The van der Waals surface area contributed by atoms with E-state index in [1.165, 1.54) is 11.3 Å². The van der Waals surface area contributed by atoms with Crippen LogP contribution in [0.3, 0.4) is 0 Å². The molecule has 0 atom stereocenters. The number of aromatic nitrogens is 5. The molecule has 0 radical (unpaired) electrons. The largest absolute Gasteiger partial charge is 0.433 e. The average Bonchev–Trinajstić information content (AvgIpc) is 3.45. The highest BCUT2D eigenvalue weighted by Crippen LogP contribution is 2.35. The fourth-order valence-electron chi connectivity index (χ4n) is 2.86. The predicted molar refractivity (Wildman–Crippen MR) is 105 cm³/mol. The van der Waals surface area contributed by atoms with Crippen molar-refractivity contribution >= 4 is 34.5 Å². The lowest BCUT2D eigenvalue weighted by Gasteiger charge is -2.10. The molecular formula is C18H14ClF3N6OS. The minimum atomic E-state index is -4.71. The van der Waals surface area contributed by atoms with Crippen LogP contribution >= 0.6 is 22.9 Å². The number of thiophene rings is 1. The second-order valence-corrected chi connectivity index (χ2v) is 7.64. The van der Waals surface area contributed by atoms with E-state index in [1.54, 1.807) is 36.2 Å². The first-order chi connectivity index (χ1) is 14.3. The zero-order valence-electron chi connectivity index (χ0n) is 15.2. The lowest BCUT2D eigenvalue weighted by molar-refractivity contribution is -0.142. The number of fused-ring (bicyclic) bond motifs is 1. The van der Waals surface area contributed by atoms with Crippen molar-refractivity contribution in [3.05, 3.63) is 58.7 Å². The highest BCUT2D eigenvalue weighted by molar-refractivity contribution is 7.13. The molecular weight excluding hydrogens is 441 g/mol. The maximum absolute atomic E-state index is 13.6. The molecule has 0 aromatic carbocycles. The summed E-state index contributed by atoms with van der Waals surface area (Å²) < 4.78 is 43.3. The maximum atomic E-state index is 13.6. The van der Waals surface area contributed by atoms with Crippen LogP contribution in [0.1, 0.15) is 22.6 Å². The molecule has 4 heterocycles.